The van der Waals surface area contributed by atoms with Crippen LogP contribution in [0.25, 0.3) is 0 Å². The number of nitrogens with one attached hydrogen (secondary N) is 1. The largest absolute Gasteiger partial charge is 0.320 e. The van der Waals surface area contributed by atoms with E-state index in [0.29, 0.717) is 17.5 Å². The molecule has 1 N–H and O–H groups in total. The van der Waals surface area contributed by atoms with E-state index in [1.807, 2.05) is 17.5 Å². The standard InChI is InChI=1S/C15H14N6O3S2/c22-14(16-12-5-1-2-6-13(12)21(23)24)7-9-26-15-17-18-19-20(15)10-11-4-3-8-25-11/h1-6,8H,7,9-10H2,(H,16,22). The molecule has 11 heteroatoms. The van der Waals surface area contributed by atoms with E-state index >= 15 is 0 Å². The number of tetrazole rings is 1. The van der Waals surface area contributed by atoms with Gasteiger partial charge < -0.3 is 5.32 Å². The Morgan fingerprint density at radius 2 is 2.15 bits per heavy atom. The Balaban J connectivity index is 1.52. The lowest BCUT2D eigenvalue weighted by atomic mass is 10.2. The van der Waals surface area contributed by atoms with Crippen LogP contribution in [-0.4, -0.2) is 36.8 Å². The van der Waals surface area contributed by atoms with Crippen LogP contribution in [0.5, 0.6) is 0 Å². The Morgan fingerprint density at radius 3 is 2.92 bits per heavy atom. The molecule has 134 valence electrons. The molecule has 0 unspecified atom stereocenters. The van der Waals surface area contributed by atoms with E-state index in [1.54, 1.807) is 28.2 Å². The summed E-state index contributed by atoms with van der Waals surface area (Å²) in [5.41, 5.74) is 0.0587. The minimum Gasteiger partial charge on any atom is -0.320 e. The van der Waals surface area contributed by atoms with E-state index < -0.39 is 4.92 Å². The summed E-state index contributed by atoms with van der Waals surface area (Å²) in [5.74, 6) is 0.154. The van der Waals surface area contributed by atoms with Gasteiger partial charge in [-0.15, -0.1) is 16.4 Å². The van der Waals surface area contributed by atoms with Crippen molar-refractivity contribution in [2.24, 2.45) is 0 Å². The molecular formula is C15H14N6O3S2. The van der Waals surface area contributed by atoms with Crippen molar-refractivity contribution in [3.63, 3.8) is 0 Å². The molecule has 2 heterocycles. The molecule has 0 aliphatic rings. The number of thioether (sulfide) groups is 1. The van der Waals surface area contributed by atoms with Crippen molar-refractivity contribution in [2.45, 2.75) is 18.1 Å². The maximum absolute atomic E-state index is 12.1. The van der Waals surface area contributed by atoms with E-state index in [9.17, 15) is 14.9 Å². The molecule has 0 radical (unpaired) electrons. The number of carbonyl (C=O) groups is 1. The number of benzene rings is 1. The fourth-order valence-electron chi connectivity index (χ4n) is 2.14. The van der Waals surface area contributed by atoms with E-state index in [2.05, 4.69) is 20.8 Å². The number of nitro groups is 1. The molecule has 0 aliphatic heterocycles. The van der Waals surface area contributed by atoms with Gasteiger partial charge in [0.25, 0.3) is 5.69 Å². The van der Waals surface area contributed by atoms with E-state index in [0.717, 1.165) is 4.88 Å². The first-order valence-electron chi connectivity index (χ1n) is 7.58. The molecule has 9 nitrogen and oxygen atoms in total. The lowest BCUT2D eigenvalue weighted by Crippen LogP contribution is -2.13. The average Bonchev–Trinajstić information content (AvgIpc) is 3.28. The molecule has 1 amide bonds. The minimum atomic E-state index is -0.525. The maximum Gasteiger partial charge on any atom is 0.292 e. The predicted molar refractivity (Wildman–Crippen MR) is 98.3 cm³/mol. The third kappa shape index (κ3) is 4.64. The third-order valence-electron chi connectivity index (χ3n) is 3.32. The Kier molecular flexibility index (Phi) is 5.92. The molecule has 1 aromatic carbocycles. The number of thiophene rings is 1. The van der Waals surface area contributed by atoms with Crippen LogP contribution >= 0.6 is 23.1 Å². The number of anilines is 1. The quantitative estimate of drug-likeness (QED) is 0.357. The van der Waals surface area contributed by atoms with Gasteiger partial charge in [0.1, 0.15) is 5.69 Å². The highest BCUT2D eigenvalue weighted by molar-refractivity contribution is 7.99. The number of nitro benzene ring substituents is 1. The van der Waals surface area contributed by atoms with Crippen LogP contribution in [-0.2, 0) is 11.3 Å². The summed E-state index contributed by atoms with van der Waals surface area (Å²) in [6.45, 7) is 0.579. The van der Waals surface area contributed by atoms with Crippen molar-refractivity contribution in [2.75, 3.05) is 11.1 Å². The van der Waals surface area contributed by atoms with Crippen molar-refractivity contribution in [3.05, 3.63) is 56.8 Å². The van der Waals surface area contributed by atoms with E-state index in [-0.39, 0.29) is 23.7 Å². The predicted octanol–water partition coefficient (Wildman–Crippen LogP) is 2.81. The van der Waals surface area contributed by atoms with Crippen molar-refractivity contribution < 1.29 is 9.72 Å². The highest BCUT2D eigenvalue weighted by atomic mass is 32.2. The van der Waals surface area contributed by atoms with Crippen molar-refractivity contribution in [3.8, 4) is 0 Å². The Morgan fingerprint density at radius 1 is 1.31 bits per heavy atom. The highest BCUT2D eigenvalue weighted by Crippen LogP contribution is 2.24. The van der Waals surface area contributed by atoms with E-state index in [4.69, 9.17) is 0 Å². The number of nitrogens with zero attached hydrogens (tertiary/aromatic N) is 5. The summed E-state index contributed by atoms with van der Waals surface area (Å²) in [7, 11) is 0. The van der Waals surface area contributed by atoms with Gasteiger partial charge in [-0.25, -0.2) is 4.68 Å². The summed E-state index contributed by atoms with van der Waals surface area (Å²) < 4.78 is 1.68. The summed E-state index contributed by atoms with van der Waals surface area (Å²) in [4.78, 5) is 23.6. The van der Waals surface area contributed by atoms with E-state index in [1.165, 1.54) is 23.9 Å². The lowest BCUT2D eigenvalue weighted by molar-refractivity contribution is -0.383. The Labute approximate surface area is 156 Å². The summed E-state index contributed by atoms with van der Waals surface area (Å²) >= 11 is 2.98. The van der Waals surface area contributed by atoms with Crippen LogP contribution in [0.3, 0.4) is 0 Å². The monoisotopic (exact) mass is 390 g/mol. The molecule has 0 bridgehead atoms. The molecule has 2 aromatic heterocycles. The van der Waals surface area contributed by atoms with Gasteiger partial charge in [0.05, 0.1) is 11.5 Å². The molecule has 0 fully saturated rings. The first-order valence-corrected chi connectivity index (χ1v) is 9.44. The number of rotatable bonds is 8. The molecule has 26 heavy (non-hydrogen) atoms. The number of amides is 1. The fraction of sp³-hybridized carbons (Fsp3) is 0.200. The summed E-state index contributed by atoms with van der Waals surface area (Å²) in [6, 6.07) is 10.0. The summed E-state index contributed by atoms with van der Waals surface area (Å²) in [6.07, 6.45) is 0.183. The average molecular weight is 390 g/mol. The second kappa shape index (κ2) is 8.54. The number of hydrogen-bond donors (Lipinski definition) is 1. The van der Waals surface area contributed by atoms with Gasteiger partial charge in [0.2, 0.25) is 11.1 Å². The van der Waals surface area contributed by atoms with Crippen LogP contribution in [0.2, 0.25) is 0 Å². The zero-order valence-electron chi connectivity index (χ0n) is 13.4. The molecule has 0 spiro atoms. The first-order chi connectivity index (χ1) is 12.6. The molecular weight excluding hydrogens is 376 g/mol. The van der Waals surface area contributed by atoms with Gasteiger partial charge in [-0.05, 0) is 27.9 Å². The second-order valence-electron chi connectivity index (χ2n) is 5.12. The molecule has 3 rings (SSSR count). The normalized spacial score (nSPS) is 10.6. The number of aromatic nitrogens is 4. The first kappa shape index (κ1) is 18.0. The Hall–Kier alpha value is -2.79. The number of hydrogen-bond acceptors (Lipinski definition) is 8. The summed E-state index contributed by atoms with van der Waals surface area (Å²) in [5, 5.41) is 27.7. The molecule has 0 atom stereocenters. The van der Waals surface area contributed by atoms with Crippen molar-refractivity contribution >= 4 is 40.4 Å². The topological polar surface area (TPSA) is 116 Å². The number of para-hydroxylation sites is 2. The lowest BCUT2D eigenvalue weighted by Gasteiger charge is -2.06. The molecule has 0 saturated carbocycles. The van der Waals surface area contributed by atoms with Crippen molar-refractivity contribution in [1.82, 2.24) is 20.2 Å². The minimum absolute atomic E-state index is 0.131. The van der Waals surface area contributed by atoms with Gasteiger partial charge in [-0.1, -0.05) is 30.0 Å². The zero-order valence-corrected chi connectivity index (χ0v) is 15.1. The SMILES string of the molecule is O=C(CCSc1nnnn1Cc1cccs1)Nc1ccccc1[N+](=O)[O-]. The second-order valence-corrected chi connectivity index (χ2v) is 7.21. The van der Waals surface area contributed by atoms with Gasteiger partial charge in [0, 0.05) is 23.1 Å². The maximum atomic E-state index is 12.1. The van der Waals surface area contributed by atoms with Crippen LogP contribution in [0.15, 0.2) is 46.9 Å². The van der Waals surface area contributed by atoms with Gasteiger partial charge in [0.15, 0.2) is 0 Å². The van der Waals surface area contributed by atoms with Crippen LogP contribution < -0.4 is 5.32 Å². The highest BCUT2D eigenvalue weighted by Gasteiger charge is 2.15. The van der Waals surface area contributed by atoms with Gasteiger partial charge in [-0.2, -0.15) is 0 Å². The van der Waals surface area contributed by atoms with Crippen LogP contribution in [0.1, 0.15) is 11.3 Å². The van der Waals surface area contributed by atoms with Crippen LogP contribution in [0, 0.1) is 10.1 Å². The van der Waals surface area contributed by atoms with Gasteiger partial charge >= 0.3 is 0 Å². The molecule has 0 saturated heterocycles. The number of carbonyl (C=O) groups excluding carboxylic acids is 1. The zero-order chi connectivity index (χ0) is 18.4. The van der Waals surface area contributed by atoms with Gasteiger partial charge in [-0.3, -0.25) is 14.9 Å². The smallest absolute Gasteiger partial charge is 0.292 e. The third-order valence-corrected chi connectivity index (χ3v) is 5.14. The van der Waals surface area contributed by atoms with Crippen molar-refractivity contribution in [1.29, 1.82) is 0 Å². The van der Waals surface area contributed by atoms with Crippen LogP contribution in [0.4, 0.5) is 11.4 Å². The fourth-order valence-corrected chi connectivity index (χ4v) is 3.64. The molecule has 3 aromatic rings. The molecule has 0 aliphatic carbocycles. The Bertz CT molecular complexity index is 896.